The zero-order valence-corrected chi connectivity index (χ0v) is 13.7. The molecule has 0 aromatic heterocycles. The Labute approximate surface area is 140 Å². The molecule has 1 heterocycles. The normalized spacial score (nSPS) is 14.0. The Balaban J connectivity index is 1.68. The van der Waals surface area contributed by atoms with Crippen molar-refractivity contribution >= 4 is 17.6 Å². The van der Waals surface area contributed by atoms with E-state index in [1.807, 2.05) is 24.3 Å². The van der Waals surface area contributed by atoms with E-state index in [0.717, 1.165) is 12.1 Å². The van der Waals surface area contributed by atoms with Gasteiger partial charge in [-0.1, -0.05) is 18.2 Å². The molecule has 5 heteroatoms. The van der Waals surface area contributed by atoms with Crippen molar-refractivity contribution in [1.82, 2.24) is 0 Å². The summed E-state index contributed by atoms with van der Waals surface area (Å²) in [4.78, 5) is 25.8. The molecule has 0 saturated carbocycles. The number of anilines is 1. The molecule has 2 aromatic rings. The molecule has 5 nitrogen and oxygen atoms in total. The molecule has 3 rings (SSSR count). The van der Waals surface area contributed by atoms with Gasteiger partial charge in [-0.15, -0.1) is 0 Å². The minimum absolute atomic E-state index is 0.0722. The van der Waals surface area contributed by atoms with Crippen LogP contribution in [0.25, 0.3) is 0 Å². The molecule has 1 aliphatic heterocycles. The first kappa shape index (κ1) is 16.1. The number of methoxy groups -OCH3 is 1. The van der Waals surface area contributed by atoms with Crippen molar-refractivity contribution in [2.24, 2.45) is 0 Å². The van der Waals surface area contributed by atoms with Gasteiger partial charge in [0, 0.05) is 12.2 Å². The van der Waals surface area contributed by atoms with Crippen LogP contribution in [0.3, 0.4) is 0 Å². The van der Waals surface area contributed by atoms with Crippen LogP contribution in [0.15, 0.2) is 48.5 Å². The highest BCUT2D eigenvalue weighted by molar-refractivity contribution is 5.98. The summed E-state index contributed by atoms with van der Waals surface area (Å²) in [5.41, 5.74) is 2.58. The van der Waals surface area contributed by atoms with Crippen molar-refractivity contribution in [3.8, 4) is 5.75 Å². The third-order valence-corrected chi connectivity index (χ3v) is 4.09. The highest BCUT2D eigenvalue weighted by Crippen LogP contribution is 2.28. The van der Waals surface area contributed by atoms with E-state index in [4.69, 9.17) is 4.74 Å². The average Bonchev–Trinajstić information content (AvgIpc) is 3.05. The lowest BCUT2D eigenvalue weighted by Crippen LogP contribution is -2.39. The fourth-order valence-corrected chi connectivity index (χ4v) is 2.83. The van der Waals surface area contributed by atoms with Crippen LogP contribution in [0.1, 0.15) is 22.8 Å². The summed E-state index contributed by atoms with van der Waals surface area (Å²) in [5.74, 6) is 0.0623. The minimum atomic E-state index is -0.611. The SMILES string of the molecule is COC(=O)c1ccc(O[C@@H](C)C(=O)N2CCc3ccccc32)cc1. The summed E-state index contributed by atoms with van der Waals surface area (Å²) in [6.45, 7) is 2.41. The van der Waals surface area contributed by atoms with E-state index in [-0.39, 0.29) is 5.91 Å². The number of nitrogens with zero attached hydrogens (tertiary/aromatic N) is 1. The smallest absolute Gasteiger partial charge is 0.337 e. The Morgan fingerprint density at radius 1 is 1.08 bits per heavy atom. The van der Waals surface area contributed by atoms with Gasteiger partial charge in [0.05, 0.1) is 12.7 Å². The van der Waals surface area contributed by atoms with E-state index in [1.54, 1.807) is 36.1 Å². The van der Waals surface area contributed by atoms with E-state index in [9.17, 15) is 9.59 Å². The number of hydrogen-bond donors (Lipinski definition) is 0. The van der Waals surface area contributed by atoms with Gasteiger partial charge in [0.2, 0.25) is 0 Å². The second kappa shape index (κ2) is 6.74. The first-order valence-corrected chi connectivity index (χ1v) is 7.84. The lowest BCUT2D eigenvalue weighted by molar-refractivity contribution is -0.124. The van der Waals surface area contributed by atoms with Crippen LogP contribution in [0, 0.1) is 0 Å². The van der Waals surface area contributed by atoms with E-state index < -0.39 is 12.1 Å². The van der Waals surface area contributed by atoms with Crippen LogP contribution in [0.5, 0.6) is 5.75 Å². The molecule has 0 bridgehead atoms. The number of rotatable bonds is 4. The second-order valence-corrected chi connectivity index (χ2v) is 5.64. The van der Waals surface area contributed by atoms with Crippen molar-refractivity contribution in [3.63, 3.8) is 0 Å². The monoisotopic (exact) mass is 325 g/mol. The van der Waals surface area contributed by atoms with Crippen molar-refractivity contribution in [3.05, 3.63) is 59.7 Å². The van der Waals surface area contributed by atoms with Gasteiger partial charge in [0.15, 0.2) is 6.10 Å². The largest absolute Gasteiger partial charge is 0.481 e. The van der Waals surface area contributed by atoms with Gasteiger partial charge in [-0.3, -0.25) is 4.79 Å². The topological polar surface area (TPSA) is 55.8 Å². The third kappa shape index (κ3) is 3.11. The Morgan fingerprint density at radius 2 is 1.79 bits per heavy atom. The van der Waals surface area contributed by atoms with Crippen LogP contribution < -0.4 is 9.64 Å². The second-order valence-electron chi connectivity index (χ2n) is 5.64. The van der Waals surface area contributed by atoms with Crippen molar-refractivity contribution in [1.29, 1.82) is 0 Å². The number of ether oxygens (including phenoxy) is 2. The molecule has 0 N–H and O–H groups in total. The molecule has 1 amide bonds. The molecule has 0 saturated heterocycles. The standard InChI is InChI=1S/C19H19NO4/c1-13(24-16-9-7-15(8-10-16)19(22)23-2)18(21)20-12-11-14-5-3-4-6-17(14)20/h3-10,13H,11-12H2,1-2H3/t13-/m0/s1. The Morgan fingerprint density at radius 3 is 2.50 bits per heavy atom. The molecule has 0 unspecified atom stereocenters. The molecule has 0 spiro atoms. The molecule has 1 atom stereocenters. The van der Waals surface area contributed by atoms with Crippen LogP contribution >= 0.6 is 0 Å². The lowest BCUT2D eigenvalue weighted by atomic mass is 10.2. The Hall–Kier alpha value is -2.82. The number of hydrogen-bond acceptors (Lipinski definition) is 4. The first-order valence-electron chi connectivity index (χ1n) is 7.84. The van der Waals surface area contributed by atoms with E-state index in [1.165, 1.54) is 12.7 Å². The van der Waals surface area contributed by atoms with Gasteiger partial charge in [0.1, 0.15) is 5.75 Å². The molecule has 124 valence electrons. The molecule has 0 aliphatic carbocycles. The van der Waals surface area contributed by atoms with E-state index in [2.05, 4.69) is 4.74 Å². The first-order chi connectivity index (χ1) is 11.6. The average molecular weight is 325 g/mol. The number of carbonyl (C=O) groups is 2. The number of fused-ring (bicyclic) bond motifs is 1. The number of carbonyl (C=O) groups excluding carboxylic acids is 2. The molecule has 1 aliphatic rings. The summed E-state index contributed by atoms with van der Waals surface area (Å²) < 4.78 is 10.4. The zero-order chi connectivity index (χ0) is 17.1. The predicted molar refractivity (Wildman–Crippen MR) is 90.4 cm³/mol. The summed E-state index contributed by atoms with van der Waals surface area (Å²) >= 11 is 0. The number of amides is 1. The molecule has 2 aromatic carbocycles. The van der Waals surface area contributed by atoms with Gasteiger partial charge < -0.3 is 14.4 Å². The van der Waals surface area contributed by atoms with Crippen molar-refractivity contribution in [2.45, 2.75) is 19.4 Å². The van der Waals surface area contributed by atoms with Crippen molar-refractivity contribution < 1.29 is 19.1 Å². The molecule has 24 heavy (non-hydrogen) atoms. The molecular formula is C19H19NO4. The zero-order valence-electron chi connectivity index (χ0n) is 13.7. The Kier molecular flexibility index (Phi) is 4.51. The van der Waals surface area contributed by atoms with Gasteiger partial charge in [-0.05, 0) is 49.2 Å². The van der Waals surface area contributed by atoms with Crippen LogP contribution in [0.2, 0.25) is 0 Å². The summed E-state index contributed by atoms with van der Waals surface area (Å²) in [6.07, 6.45) is 0.253. The summed E-state index contributed by atoms with van der Waals surface area (Å²) in [5, 5.41) is 0. The van der Waals surface area contributed by atoms with Gasteiger partial charge in [0.25, 0.3) is 5.91 Å². The van der Waals surface area contributed by atoms with E-state index in [0.29, 0.717) is 17.9 Å². The van der Waals surface area contributed by atoms with Gasteiger partial charge in [-0.2, -0.15) is 0 Å². The van der Waals surface area contributed by atoms with E-state index >= 15 is 0 Å². The van der Waals surface area contributed by atoms with Crippen molar-refractivity contribution in [2.75, 3.05) is 18.6 Å². The Bertz CT molecular complexity index is 754. The molecule has 0 radical (unpaired) electrons. The predicted octanol–water partition coefficient (Wildman–Crippen LogP) is 2.83. The maximum absolute atomic E-state index is 12.7. The maximum Gasteiger partial charge on any atom is 0.337 e. The number of esters is 1. The summed E-state index contributed by atoms with van der Waals surface area (Å²) in [7, 11) is 1.33. The number of para-hydroxylation sites is 1. The number of benzene rings is 2. The fourth-order valence-electron chi connectivity index (χ4n) is 2.83. The highest BCUT2D eigenvalue weighted by atomic mass is 16.5. The molecular weight excluding hydrogens is 306 g/mol. The van der Waals surface area contributed by atoms with Crippen LogP contribution in [-0.4, -0.2) is 31.6 Å². The highest BCUT2D eigenvalue weighted by Gasteiger charge is 2.28. The van der Waals surface area contributed by atoms with Crippen LogP contribution in [-0.2, 0) is 16.0 Å². The quantitative estimate of drug-likeness (QED) is 0.811. The lowest BCUT2D eigenvalue weighted by Gasteiger charge is -2.22. The summed E-state index contributed by atoms with van der Waals surface area (Å²) in [6, 6.07) is 14.5. The molecule has 0 fully saturated rings. The van der Waals surface area contributed by atoms with Gasteiger partial charge in [-0.25, -0.2) is 4.79 Å². The maximum atomic E-state index is 12.7. The third-order valence-electron chi connectivity index (χ3n) is 4.09. The van der Waals surface area contributed by atoms with Gasteiger partial charge >= 0.3 is 5.97 Å². The van der Waals surface area contributed by atoms with Crippen LogP contribution in [0.4, 0.5) is 5.69 Å². The fraction of sp³-hybridized carbons (Fsp3) is 0.263. The minimum Gasteiger partial charge on any atom is -0.481 e.